The quantitative estimate of drug-likeness (QED) is 0.917. The first-order chi connectivity index (χ1) is 10.7. The Hall–Kier alpha value is -1.55. The summed E-state index contributed by atoms with van der Waals surface area (Å²) in [4.78, 5) is 16.6. The van der Waals surface area contributed by atoms with Crippen LogP contribution in [0, 0.1) is 0 Å². The van der Waals surface area contributed by atoms with Gasteiger partial charge in [-0.2, -0.15) is 11.8 Å². The largest absolute Gasteiger partial charge is 0.353 e. The maximum absolute atomic E-state index is 12.2. The molecule has 1 aliphatic carbocycles. The van der Waals surface area contributed by atoms with Crippen molar-refractivity contribution in [2.24, 2.45) is 0 Å². The molecule has 1 N–H and O–H groups in total. The molecule has 2 aromatic rings. The molecule has 0 bridgehead atoms. The number of hydrogen-bond acceptors (Lipinski definition) is 3. The number of hydrogen-bond donors (Lipinski definition) is 1. The zero-order valence-corrected chi connectivity index (χ0v) is 13.7. The number of nitrogens with zero attached hydrogens (tertiary/aromatic N) is 1. The van der Waals surface area contributed by atoms with Gasteiger partial charge in [0.05, 0.1) is 11.9 Å². The monoisotopic (exact) mass is 314 g/mol. The first-order valence-electron chi connectivity index (χ1n) is 7.99. The minimum Gasteiger partial charge on any atom is -0.353 e. The van der Waals surface area contributed by atoms with E-state index >= 15 is 0 Å². The van der Waals surface area contributed by atoms with Gasteiger partial charge in [-0.1, -0.05) is 25.1 Å². The molecule has 1 fully saturated rings. The van der Waals surface area contributed by atoms with E-state index in [0.29, 0.717) is 12.5 Å². The van der Waals surface area contributed by atoms with Crippen molar-refractivity contribution in [3.63, 3.8) is 0 Å². The van der Waals surface area contributed by atoms with E-state index in [9.17, 15) is 4.79 Å². The Kier molecular flexibility index (Phi) is 4.98. The fourth-order valence-electron chi connectivity index (χ4n) is 3.14. The van der Waals surface area contributed by atoms with Crippen LogP contribution in [0.25, 0.3) is 10.9 Å². The second-order valence-corrected chi connectivity index (χ2v) is 7.45. The summed E-state index contributed by atoms with van der Waals surface area (Å²) in [7, 11) is 0. The Balaban J connectivity index is 1.57. The fourth-order valence-corrected chi connectivity index (χ4v) is 4.28. The van der Waals surface area contributed by atoms with E-state index in [2.05, 4.69) is 23.3 Å². The minimum absolute atomic E-state index is 0.115. The van der Waals surface area contributed by atoms with E-state index in [1.165, 1.54) is 6.42 Å². The number of rotatable bonds is 5. The van der Waals surface area contributed by atoms with E-state index in [-0.39, 0.29) is 5.91 Å². The Labute approximate surface area is 135 Å². The van der Waals surface area contributed by atoms with Gasteiger partial charge in [0, 0.05) is 22.9 Å². The molecule has 0 aliphatic heterocycles. The van der Waals surface area contributed by atoms with Crippen LogP contribution in [-0.2, 0) is 11.2 Å². The van der Waals surface area contributed by atoms with E-state index in [4.69, 9.17) is 0 Å². The number of thioether (sulfide) groups is 1. The lowest BCUT2D eigenvalue weighted by Crippen LogP contribution is -2.34. The van der Waals surface area contributed by atoms with Crippen LogP contribution in [0.3, 0.4) is 0 Å². The Bertz CT molecular complexity index is 658. The van der Waals surface area contributed by atoms with Crippen LogP contribution in [0.2, 0.25) is 0 Å². The molecule has 1 saturated carbocycles. The van der Waals surface area contributed by atoms with Crippen molar-refractivity contribution >= 4 is 28.6 Å². The van der Waals surface area contributed by atoms with E-state index < -0.39 is 0 Å². The van der Waals surface area contributed by atoms with Gasteiger partial charge in [-0.3, -0.25) is 9.78 Å². The van der Waals surface area contributed by atoms with Crippen molar-refractivity contribution in [1.29, 1.82) is 0 Å². The predicted molar refractivity (Wildman–Crippen MR) is 93.1 cm³/mol. The highest BCUT2D eigenvalue weighted by atomic mass is 32.2. The molecule has 0 spiro atoms. The molecular formula is C18H22N2OS. The molecule has 0 unspecified atom stereocenters. The minimum atomic E-state index is 0.115. The van der Waals surface area contributed by atoms with Crippen molar-refractivity contribution in [2.75, 3.05) is 5.75 Å². The number of carbonyl (C=O) groups is 1. The normalized spacial score (nSPS) is 21.1. The lowest BCUT2D eigenvalue weighted by molar-refractivity contribution is -0.121. The van der Waals surface area contributed by atoms with Gasteiger partial charge in [0.25, 0.3) is 0 Å². The Morgan fingerprint density at radius 2 is 2.23 bits per heavy atom. The summed E-state index contributed by atoms with van der Waals surface area (Å²) in [5.41, 5.74) is 1.95. The average Bonchev–Trinajstić information content (AvgIpc) is 2.94. The van der Waals surface area contributed by atoms with Gasteiger partial charge in [-0.05, 0) is 42.7 Å². The summed E-state index contributed by atoms with van der Waals surface area (Å²) in [5, 5.41) is 4.99. The molecule has 1 aromatic carbocycles. The second kappa shape index (κ2) is 7.14. The molecular weight excluding hydrogens is 292 g/mol. The van der Waals surface area contributed by atoms with Crippen LogP contribution in [0.15, 0.2) is 36.5 Å². The Morgan fingerprint density at radius 1 is 1.36 bits per heavy atom. The van der Waals surface area contributed by atoms with Crippen LogP contribution in [0.4, 0.5) is 0 Å². The lowest BCUT2D eigenvalue weighted by atomic mass is 10.1. The maximum Gasteiger partial charge on any atom is 0.224 e. The van der Waals surface area contributed by atoms with Crippen LogP contribution >= 0.6 is 11.8 Å². The van der Waals surface area contributed by atoms with Crippen molar-refractivity contribution in [1.82, 2.24) is 10.3 Å². The summed E-state index contributed by atoms with van der Waals surface area (Å²) in [6, 6.07) is 10.4. The fraction of sp³-hybridized carbons (Fsp3) is 0.444. The number of benzene rings is 1. The van der Waals surface area contributed by atoms with Crippen molar-refractivity contribution < 1.29 is 4.79 Å². The number of nitrogens with one attached hydrogen (secondary N) is 1. The van der Waals surface area contributed by atoms with Gasteiger partial charge in [0.15, 0.2) is 0 Å². The highest BCUT2D eigenvalue weighted by Crippen LogP contribution is 2.29. The standard InChI is InChI=1S/C18H22N2OS/c1-2-22-16-8-7-15(11-16)20-18(21)10-13-9-14-5-3-4-6-17(14)19-12-13/h3-6,9,12,15-16H,2,7-8,10-11H2,1H3,(H,20,21)/t15-,16+/m0/s1. The summed E-state index contributed by atoms with van der Waals surface area (Å²) in [5.74, 6) is 1.28. The molecule has 1 heterocycles. The second-order valence-electron chi connectivity index (χ2n) is 5.87. The highest BCUT2D eigenvalue weighted by Gasteiger charge is 2.25. The maximum atomic E-state index is 12.2. The molecule has 3 nitrogen and oxygen atoms in total. The van der Waals surface area contributed by atoms with E-state index in [1.54, 1.807) is 0 Å². The molecule has 116 valence electrons. The van der Waals surface area contributed by atoms with Crippen molar-refractivity contribution in [3.05, 3.63) is 42.1 Å². The van der Waals surface area contributed by atoms with E-state index in [1.807, 2.05) is 42.2 Å². The molecule has 0 saturated heterocycles. The predicted octanol–water partition coefficient (Wildman–Crippen LogP) is 3.57. The molecule has 3 rings (SSSR count). The summed E-state index contributed by atoms with van der Waals surface area (Å²) >= 11 is 2.01. The van der Waals surface area contributed by atoms with Crippen LogP contribution in [0.5, 0.6) is 0 Å². The third kappa shape index (κ3) is 3.80. The molecule has 2 atom stereocenters. The number of para-hydroxylation sites is 1. The average molecular weight is 314 g/mol. The van der Waals surface area contributed by atoms with Gasteiger partial charge in [-0.25, -0.2) is 0 Å². The van der Waals surface area contributed by atoms with Crippen molar-refractivity contribution in [2.45, 2.75) is 43.9 Å². The zero-order valence-electron chi connectivity index (χ0n) is 12.9. The summed E-state index contributed by atoms with van der Waals surface area (Å²) in [6.07, 6.45) is 5.67. The number of amides is 1. The third-order valence-electron chi connectivity index (χ3n) is 4.16. The first-order valence-corrected chi connectivity index (χ1v) is 9.04. The molecule has 4 heteroatoms. The first kappa shape index (κ1) is 15.3. The Morgan fingerprint density at radius 3 is 3.09 bits per heavy atom. The molecule has 1 aromatic heterocycles. The topological polar surface area (TPSA) is 42.0 Å². The lowest BCUT2D eigenvalue weighted by Gasteiger charge is -2.13. The molecule has 0 radical (unpaired) electrons. The van der Waals surface area contributed by atoms with E-state index in [0.717, 1.165) is 40.3 Å². The van der Waals surface area contributed by atoms with Crippen molar-refractivity contribution in [3.8, 4) is 0 Å². The van der Waals surface area contributed by atoms with Gasteiger partial charge in [0.2, 0.25) is 5.91 Å². The number of carbonyl (C=O) groups excluding carboxylic acids is 1. The molecule has 22 heavy (non-hydrogen) atoms. The molecule has 1 amide bonds. The number of aromatic nitrogens is 1. The number of fused-ring (bicyclic) bond motifs is 1. The van der Waals surface area contributed by atoms with Crippen LogP contribution in [0.1, 0.15) is 31.7 Å². The third-order valence-corrected chi connectivity index (χ3v) is 5.40. The number of pyridine rings is 1. The smallest absolute Gasteiger partial charge is 0.224 e. The van der Waals surface area contributed by atoms with Gasteiger partial charge >= 0.3 is 0 Å². The zero-order chi connectivity index (χ0) is 15.4. The SMILES string of the molecule is CCS[C@@H]1CC[C@H](NC(=O)Cc2cnc3ccccc3c2)C1. The van der Waals surface area contributed by atoms with Crippen LogP contribution in [-0.4, -0.2) is 27.9 Å². The highest BCUT2D eigenvalue weighted by molar-refractivity contribution is 7.99. The van der Waals surface area contributed by atoms with Gasteiger partial charge in [0.1, 0.15) is 0 Å². The summed E-state index contributed by atoms with van der Waals surface area (Å²) < 4.78 is 0. The summed E-state index contributed by atoms with van der Waals surface area (Å²) in [6.45, 7) is 2.20. The molecule has 1 aliphatic rings. The van der Waals surface area contributed by atoms with Gasteiger partial charge < -0.3 is 5.32 Å². The van der Waals surface area contributed by atoms with Gasteiger partial charge in [-0.15, -0.1) is 0 Å². The van der Waals surface area contributed by atoms with Crippen LogP contribution < -0.4 is 5.32 Å².